The number of nitrogens with two attached hydrogens (primary N) is 1. The lowest BCUT2D eigenvalue weighted by molar-refractivity contribution is 0.0733. The van der Waals surface area contributed by atoms with Crippen LogP contribution in [0.15, 0.2) is 12.5 Å². The van der Waals surface area contributed by atoms with Crippen molar-refractivity contribution in [2.45, 2.75) is 25.0 Å². The van der Waals surface area contributed by atoms with Crippen LogP contribution in [0.1, 0.15) is 24.6 Å². The molecule has 1 aromatic rings. The number of imidazole rings is 1. The van der Waals surface area contributed by atoms with E-state index in [1.807, 2.05) is 0 Å². The molecule has 2 rings (SSSR count). The number of likely N-dealkylation sites (tertiary alicyclic amines) is 1. The molecule has 16 heavy (non-hydrogen) atoms. The van der Waals surface area contributed by atoms with Crippen LogP contribution in [0.5, 0.6) is 0 Å². The van der Waals surface area contributed by atoms with Gasteiger partial charge in [-0.3, -0.25) is 4.90 Å². The van der Waals surface area contributed by atoms with E-state index in [0.29, 0.717) is 4.99 Å². The largest absolute Gasteiger partial charge is 0.393 e. The lowest BCUT2D eigenvalue weighted by Gasteiger charge is -2.35. The van der Waals surface area contributed by atoms with Crippen molar-refractivity contribution in [2.75, 3.05) is 13.1 Å². The first-order valence-corrected chi connectivity index (χ1v) is 5.79. The highest BCUT2D eigenvalue weighted by atomic mass is 32.1. The monoisotopic (exact) mass is 240 g/mol. The van der Waals surface area contributed by atoms with E-state index in [2.05, 4.69) is 14.9 Å². The second-order valence-electron chi connectivity index (χ2n) is 4.08. The van der Waals surface area contributed by atoms with Crippen molar-refractivity contribution in [3.8, 4) is 0 Å². The maximum atomic E-state index is 9.47. The van der Waals surface area contributed by atoms with Crippen molar-refractivity contribution in [2.24, 2.45) is 5.73 Å². The Balaban J connectivity index is 2.11. The smallest absolute Gasteiger partial charge is 0.102 e. The summed E-state index contributed by atoms with van der Waals surface area (Å²) in [4.78, 5) is 9.66. The van der Waals surface area contributed by atoms with Gasteiger partial charge in [-0.05, 0) is 12.8 Å². The Morgan fingerprint density at radius 1 is 1.62 bits per heavy atom. The predicted molar refractivity (Wildman–Crippen MR) is 64.9 cm³/mol. The molecule has 88 valence electrons. The van der Waals surface area contributed by atoms with Crippen LogP contribution in [0.4, 0.5) is 0 Å². The lowest BCUT2D eigenvalue weighted by Crippen LogP contribution is -2.43. The van der Waals surface area contributed by atoms with Crippen LogP contribution >= 0.6 is 12.2 Å². The molecule has 1 aliphatic rings. The van der Waals surface area contributed by atoms with Crippen LogP contribution < -0.4 is 5.73 Å². The van der Waals surface area contributed by atoms with E-state index in [1.165, 1.54) is 0 Å². The van der Waals surface area contributed by atoms with Crippen LogP contribution in [-0.2, 0) is 0 Å². The number of nitrogens with one attached hydrogen (secondary N) is 1. The van der Waals surface area contributed by atoms with Crippen molar-refractivity contribution < 1.29 is 5.11 Å². The third-order valence-corrected chi connectivity index (χ3v) is 3.17. The van der Waals surface area contributed by atoms with E-state index < -0.39 is 0 Å². The van der Waals surface area contributed by atoms with E-state index in [4.69, 9.17) is 18.0 Å². The van der Waals surface area contributed by atoms with E-state index >= 15 is 0 Å². The molecule has 2 heterocycles. The fraction of sp³-hybridized carbons (Fsp3) is 0.600. The highest BCUT2D eigenvalue weighted by molar-refractivity contribution is 7.80. The molecule has 1 fully saturated rings. The first kappa shape index (κ1) is 11.5. The summed E-state index contributed by atoms with van der Waals surface area (Å²) >= 11 is 5.10. The second-order valence-corrected chi connectivity index (χ2v) is 4.55. The molecule has 5 nitrogen and oxygen atoms in total. The normalized spacial score (nSPS) is 20.8. The fourth-order valence-electron chi connectivity index (χ4n) is 2.09. The van der Waals surface area contributed by atoms with Crippen molar-refractivity contribution >= 4 is 17.2 Å². The zero-order chi connectivity index (χ0) is 11.5. The van der Waals surface area contributed by atoms with Gasteiger partial charge in [-0.15, -0.1) is 0 Å². The molecule has 0 amide bonds. The van der Waals surface area contributed by atoms with Crippen molar-refractivity contribution in [1.82, 2.24) is 14.9 Å². The Morgan fingerprint density at radius 3 is 2.81 bits per heavy atom. The molecule has 6 heteroatoms. The Kier molecular flexibility index (Phi) is 3.52. The standard InChI is InChI=1S/C10H16N4OS/c11-10(16)9(8-5-12-6-13-8)14-3-1-7(15)2-4-14/h5-7,9,15H,1-4H2,(H2,11,16)(H,12,13). The van der Waals surface area contributed by atoms with Gasteiger partial charge < -0.3 is 15.8 Å². The SMILES string of the molecule is NC(=S)C(c1cnc[nH]1)N1CCC(O)CC1. The maximum Gasteiger partial charge on any atom is 0.102 e. The van der Waals surface area contributed by atoms with E-state index in [-0.39, 0.29) is 12.1 Å². The molecule has 4 N–H and O–H groups in total. The molecule has 1 atom stereocenters. The van der Waals surface area contributed by atoms with E-state index in [0.717, 1.165) is 31.6 Å². The number of rotatable bonds is 3. The average molecular weight is 240 g/mol. The lowest BCUT2D eigenvalue weighted by atomic mass is 10.0. The van der Waals surface area contributed by atoms with Gasteiger partial charge in [-0.2, -0.15) is 0 Å². The van der Waals surface area contributed by atoms with Gasteiger partial charge in [0.1, 0.15) is 6.04 Å². The van der Waals surface area contributed by atoms with Gasteiger partial charge in [0.15, 0.2) is 0 Å². The zero-order valence-electron chi connectivity index (χ0n) is 8.97. The quantitative estimate of drug-likeness (QED) is 0.658. The molecule has 1 aliphatic heterocycles. The Bertz CT molecular complexity index is 346. The van der Waals surface area contributed by atoms with Gasteiger partial charge in [0, 0.05) is 19.3 Å². The van der Waals surface area contributed by atoms with Gasteiger partial charge in [0.2, 0.25) is 0 Å². The Labute approximate surface area is 99.7 Å². The van der Waals surface area contributed by atoms with E-state index in [1.54, 1.807) is 12.5 Å². The van der Waals surface area contributed by atoms with Gasteiger partial charge in [0.05, 0.1) is 23.1 Å². The highest BCUT2D eigenvalue weighted by Gasteiger charge is 2.27. The Morgan fingerprint density at radius 2 is 2.31 bits per heavy atom. The van der Waals surface area contributed by atoms with Crippen molar-refractivity contribution in [3.05, 3.63) is 18.2 Å². The minimum atomic E-state index is -0.190. The van der Waals surface area contributed by atoms with Gasteiger partial charge in [0.25, 0.3) is 0 Å². The van der Waals surface area contributed by atoms with Gasteiger partial charge >= 0.3 is 0 Å². The molecule has 0 bridgehead atoms. The molecule has 0 spiro atoms. The number of thiocarbonyl (C=S) groups is 1. The zero-order valence-corrected chi connectivity index (χ0v) is 9.78. The summed E-state index contributed by atoms with van der Waals surface area (Å²) in [5.74, 6) is 0. The summed E-state index contributed by atoms with van der Waals surface area (Å²) in [6.45, 7) is 1.62. The third-order valence-electron chi connectivity index (χ3n) is 2.95. The summed E-state index contributed by atoms with van der Waals surface area (Å²) in [7, 11) is 0. The van der Waals surface area contributed by atoms with Crippen molar-refractivity contribution in [1.29, 1.82) is 0 Å². The molecule has 1 aromatic heterocycles. The average Bonchev–Trinajstić information content (AvgIpc) is 2.74. The first-order chi connectivity index (χ1) is 7.68. The number of hydrogen-bond donors (Lipinski definition) is 3. The summed E-state index contributed by atoms with van der Waals surface area (Å²) < 4.78 is 0. The number of nitrogens with zero attached hydrogens (tertiary/aromatic N) is 2. The molecular weight excluding hydrogens is 224 g/mol. The highest BCUT2D eigenvalue weighted by Crippen LogP contribution is 2.23. The molecule has 1 unspecified atom stereocenters. The molecule has 0 radical (unpaired) electrons. The number of aromatic amines is 1. The minimum absolute atomic E-state index is 0.0926. The maximum absolute atomic E-state index is 9.47. The predicted octanol–water partition coefficient (Wildman–Crippen LogP) is 0.194. The van der Waals surface area contributed by atoms with Crippen LogP contribution in [0, 0.1) is 0 Å². The van der Waals surface area contributed by atoms with Crippen LogP contribution in [0.25, 0.3) is 0 Å². The van der Waals surface area contributed by atoms with Crippen LogP contribution in [-0.4, -0.2) is 44.2 Å². The number of aromatic nitrogens is 2. The number of aliphatic hydroxyl groups excluding tert-OH is 1. The van der Waals surface area contributed by atoms with Crippen molar-refractivity contribution in [3.63, 3.8) is 0 Å². The number of aliphatic hydroxyl groups is 1. The molecule has 0 aliphatic carbocycles. The van der Waals surface area contributed by atoms with Gasteiger partial charge in [-0.1, -0.05) is 12.2 Å². The van der Waals surface area contributed by atoms with Gasteiger partial charge in [-0.25, -0.2) is 4.98 Å². The molecule has 0 saturated carbocycles. The molecule has 0 aromatic carbocycles. The first-order valence-electron chi connectivity index (χ1n) is 5.38. The molecular formula is C10H16N4OS. The summed E-state index contributed by atoms with van der Waals surface area (Å²) in [6, 6.07) is -0.0926. The number of H-pyrrole nitrogens is 1. The van der Waals surface area contributed by atoms with Crippen LogP contribution in [0.2, 0.25) is 0 Å². The summed E-state index contributed by atoms with van der Waals surface area (Å²) in [5.41, 5.74) is 6.69. The van der Waals surface area contributed by atoms with E-state index in [9.17, 15) is 5.11 Å². The summed E-state index contributed by atoms with van der Waals surface area (Å²) in [6.07, 6.45) is 4.72. The summed E-state index contributed by atoms with van der Waals surface area (Å²) in [5, 5.41) is 9.47. The Hall–Kier alpha value is -0.980. The topological polar surface area (TPSA) is 78.2 Å². The third kappa shape index (κ3) is 2.40. The number of piperidine rings is 1. The van der Waals surface area contributed by atoms with Crippen LogP contribution in [0.3, 0.4) is 0 Å². The number of hydrogen-bond acceptors (Lipinski definition) is 4. The minimum Gasteiger partial charge on any atom is -0.393 e. The second kappa shape index (κ2) is 4.90. The fourth-order valence-corrected chi connectivity index (χ4v) is 2.37. The molecule has 1 saturated heterocycles.